The van der Waals surface area contributed by atoms with Gasteiger partial charge >= 0.3 is 0 Å². The van der Waals surface area contributed by atoms with Crippen molar-refractivity contribution >= 4 is 0 Å². The molecular formula is C17H21NO3. The summed E-state index contributed by atoms with van der Waals surface area (Å²) >= 11 is 0. The fourth-order valence-corrected chi connectivity index (χ4v) is 1.92. The summed E-state index contributed by atoms with van der Waals surface area (Å²) in [5, 5.41) is 9.31. The fraction of sp³-hybridized carbons (Fsp3) is 0.353. The molecular weight excluding hydrogens is 266 g/mol. The monoisotopic (exact) mass is 287 g/mol. The maximum atomic E-state index is 9.31. The second-order valence-corrected chi connectivity index (χ2v) is 4.71. The van der Waals surface area contributed by atoms with Crippen LogP contribution in [0.4, 0.5) is 0 Å². The molecule has 0 fully saturated rings. The zero-order chi connectivity index (χ0) is 15.1. The number of ether oxygens (including phenoxy) is 2. The van der Waals surface area contributed by atoms with Gasteiger partial charge in [0.2, 0.25) is 5.88 Å². The molecule has 1 aromatic carbocycles. The molecule has 1 aromatic heterocycles. The SMILES string of the molecule is CCCOc1ccccc1Oc1cc(CO)cc(CC)n1. The third kappa shape index (κ3) is 4.20. The van der Waals surface area contributed by atoms with Crippen LogP contribution < -0.4 is 9.47 Å². The third-order valence-corrected chi connectivity index (χ3v) is 2.98. The Balaban J connectivity index is 2.25. The van der Waals surface area contributed by atoms with E-state index in [1.807, 2.05) is 37.3 Å². The molecule has 0 amide bonds. The van der Waals surface area contributed by atoms with Gasteiger partial charge < -0.3 is 14.6 Å². The highest BCUT2D eigenvalue weighted by atomic mass is 16.5. The first kappa shape index (κ1) is 15.3. The number of para-hydroxylation sites is 2. The summed E-state index contributed by atoms with van der Waals surface area (Å²) in [4.78, 5) is 4.43. The quantitative estimate of drug-likeness (QED) is 0.843. The number of hydrogen-bond acceptors (Lipinski definition) is 4. The number of aliphatic hydroxyl groups is 1. The molecule has 2 rings (SSSR count). The molecule has 0 radical (unpaired) electrons. The largest absolute Gasteiger partial charge is 0.490 e. The van der Waals surface area contributed by atoms with Crippen molar-refractivity contribution in [3.8, 4) is 17.4 Å². The first-order valence-corrected chi connectivity index (χ1v) is 7.27. The van der Waals surface area contributed by atoms with E-state index in [4.69, 9.17) is 9.47 Å². The molecule has 0 aliphatic carbocycles. The Kier molecular flexibility index (Phi) is 5.58. The molecule has 0 aliphatic heterocycles. The maximum Gasteiger partial charge on any atom is 0.220 e. The summed E-state index contributed by atoms with van der Waals surface area (Å²) in [6.07, 6.45) is 1.73. The van der Waals surface area contributed by atoms with Crippen LogP contribution in [-0.2, 0) is 13.0 Å². The van der Waals surface area contributed by atoms with Gasteiger partial charge in [0.05, 0.1) is 13.2 Å². The number of benzene rings is 1. The van der Waals surface area contributed by atoms with Gasteiger partial charge in [-0.15, -0.1) is 0 Å². The Morgan fingerprint density at radius 1 is 1.10 bits per heavy atom. The van der Waals surface area contributed by atoms with Crippen LogP contribution in [0.25, 0.3) is 0 Å². The lowest BCUT2D eigenvalue weighted by molar-refractivity contribution is 0.280. The molecule has 0 saturated carbocycles. The summed E-state index contributed by atoms with van der Waals surface area (Å²) in [6, 6.07) is 11.2. The summed E-state index contributed by atoms with van der Waals surface area (Å²) in [5.74, 6) is 1.81. The zero-order valence-electron chi connectivity index (χ0n) is 12.5. The number of nitrogens with zero attached hydrogens (tertiary/aromatic N) is 1. The first-order chi connectivity index (χ1) is 10.3. The molecule has 112 valence electrons. The molecule has 0 spiro atoms. The predicted octanol–water partition coefficient (Wildman–Crippen LogP) is 3.72. The average molecular weight is 287 g/mol. The van der Waals surface area contributed by atoms with Gasteiger partial charge in [-0.3, -0.25) is 0 Å². The number of hydrogen-bond donors (Lipinski definition) is 1. The van der Waals surface area contributed by atoms with Crippen LogP contribution in [0.3, 0.4) is 0 Å². The molecule has 21 heavy (non-hydrogen) atoms. The van der Waals surface area contributed by atoms with Gasteiger partial charge in [0.25, 0.3) is 0 Å². The molecule has 0 aliphatic rings. The molecule has 4 heteroatoms. The minimum Gasteiger partial charge on any atom is -0.490 e. The number of aryl methyl sites for hydroxylation is 1. The molecule has 0 unspecified atom stereocenters. The van der Waals surface area contributed by atoms with Crippen molar-refractivity contribution in [1.82, 2.24) is 4.98 Å². The molecule has 1 N–H and O–H groups in total. The Bertz CT molecular complexity index is 562. The van der Waals surface area contributed by atoms with E-state index >= 15 is 0 Å². The lowest BCUT2D eigenvalue weighted by Crippen LogP contribution is -1.99. The van der Waals surface area contributed by atoms with Gasteiger partial charge in [-0.2, -0.15) is 0 Å². The standard InChI is InChI=1S/C17H21NO3/c1-3-9-20-15-7-5-6-8-16(15)21-17-11-13(12-19)10-14(4-2)18-17/h5-8,10-11,19H,3-4,9,12H2,1-2H3. The first-order valence-electron chi connectivity index (χ1n) is 7.27. The smallest absolute Gasteiger partial charge is 0.220 e. The number of aromatic nitrogens is 1. The fourth-order valence-electron chi connectivity index (χ4n) is 1.92. The predicted molar refractivity (Wildman–Crippen MR) is 81.8 cm³/mol. The summed E-state index contributed by atoms with van der Waals surface area (Å²) in [5.41, 5.74) is 1.69. The van der Waals surface area contributed by atoms with Crippen LogP contribution in [0.2, 0.25) is 0 Å². The molecule has 0 saturated heterocycles. The Hall–Kier alpha value is -2.07. The highest BCUT2D eigenvalue weighted by molar-refractivity contribution is 5.42. The summed E-state index contributed by atoms with van der Waals surface area (Å²) < 4.78 is 11.5. The van der Waals surface area contributed by atoms with Crippen molar-refractivity contribution in [3.05, 3.63) is 47.7 Å². The summed E-state index contributed by atoms with van der Waals surface area (Å²) in [6.45, 7) is 4.69. The molecule has 4 nitrogen and oxygen atoms in total. The highest BCUT2D eigenvalue weighted by Gasteiger charge is 2.08. The average Bonchev–Trinajstić information content (AvgIpc) is 2.53. The van der Waals surface area contributed by atoms with E-state index in [2.05, 4.69) is 11.9 Å². The van der Waals surface area contributed by atoms with E-state index in [1.165, 1.54) is 0 Å². The van der Waals surface area contributed by atoms with Crippen molar-refractivity contribution < 1.29 is 14.6 Å². The third-order valence-electron chi connectivity index (χ3n) is 2.98. The molecule has 0 atom stereocenters. The van der Waals surface area contributed by atoms with Gasteiger partial charge in [0.15, 0.2) is 11.5 Å². The Morgan fingerprint density at radius 2 is 1.86 bits per heavy atom. The van der Waals surface area contributed by atoms with E-state index in [9.17, 15) is 5.11 Å². The number of rotatable bonds is 7. The van der Waals surface area contributed by atoms with Crippen LogP contribution in [0.15, 0.2) is 36.4 Å². The Morgan fingerprint density at radius 3 is 2.52 bits per heavy atom. The van der Waals surface area contributed by atoms with Gasteiger partial charge in [-0.25, -0.2) is 4.98 Å². The van der Waals surface area contributed by atoms with Crippen molar-refractivity contribution in [2.75, 3.05) is 6.61 Å². The zero-order valence-corrected chi connectivity index (χ0v) is 12.5. The topological polar surface area (TPSA) is 51.6 Å². The Labute approximate surface area is 125 Å². The van der Waals surface area contributed by atoms with Gasteiger partial charge in [-0.1, -0.05) is 26.0 Å². The minimum absolute atomic E-state index is 0.0279. The van der Waals surface area contributed by atoms with E-state index in [0.717, 1.165) is 24.1 Å². The second kappa shape index (κ2) is 7.64. The van der Waals surface area contributed by atoms with Crippen LogP contribution in [0.1, 0.15) is 31.5 Å². The van der Waals surface area contributed by atoms with Crippen molar-refractivity contribution in [2.24, 2.45) is 0 Å². The maximum absolute atomic E-state index is 9.31. The van der Waals surface area contributed by atoms with Crippen molar-refractivity contribution in [2.45, 2.75) is 33.3 Å². The van der Waals surface area contributed by atoms with Gasteiger partial charge in [-0.05, 0) is 36.6 Å². The van der Waals surface area contributed by atoms with E-state index in [1.54, 1.807) is 6.07 Å². The number of pyridine rings is 1. The normalized spacial score (nSPS) is 10.4. The molecule has 1 heterocycles. The minimum atomic E-state index is -0.0279. The highest BCUT2D eigenvalue weighted by Crippen LogP contribution is 2.31. The lowest BCUT2D eigenvalue weighted by Gasteiger charge is -2.12. The summed E-state index contributed by atoms with van der Waals surface area (Å²) in [7, 11) is 0. The lowest BCUT2D eigenvalue weighted by atomic mass is 10.2. The van der Waals surface area contributed by atoms with Crippen molar-refractivity contribution in [3.63, 3.8) is 0 Å². The van der Waals surface area contributed by atoms with E-state index < -0.39 is 0 Å². The van der Waals surface area contributed by atoms with E-state index in [-0.39, 0.29) is 6.61 Å². The van der Waals surface area contributed by atoms with Gasteiger partial charge in [0.1, 0.15) is 0 Å². The van der Waals surface area contributed by atoms with Crippen LogP contribution in [0, 0.1) is 0 Å². The van der Waals surface area contributed by atoms with Crippen molar-refractivity contribution in [1.29, 1.82) is 0 Å². The van der Waals surface area contributed by atoms with Crippen LogP contribution in [0.5, 0.6) is 17.4 Å². The second-order valence-electron chi connectivity index (χ2n) is 4.71. The number of aliphatic hydroxyl groups excluding tert-OH is 1. The van der Waals surface area contributed by atoms with Crippen LogP contribution >= 0.6 is 0 Å². The van der Waals surface area contributed by atoms with E-state index in [0.29, 0.717) is 24.0 Å². The van der Waals surface area contributed by atoms with Gasteiger partial charge in [0, 0.05) is 11.8 Å². The molecule has 0 bridgehead atoms. The van der Waals surface area contributed by atoms with Crippen LogP contribution in [-0.4, -0.2) is 16.7 Å². The molecule has 2 aromatic rings.